The first-order chi connectivity index (χ1) is 13.9. The Bertz CT molecular complexity index is 1250. The van der Waals surface area contributed by atoms with Crippen molar-refractivity contribution in [2.24, 2.45) is 0 Å². The summed E-state index contributed by atoms with van der Waals surface area (Å²) >= 11 is 6.88. The molecule has 0 spiro atoms. The number of carbonyl (C=O) groups excluding carboxylic acids is 1. The highest BCUT2D eigenvalue weighted by Gasteiger charge is 2.27. The van der Waals surface area contributed by atoms with Crippen LogP contribution in [0.1, 0.15) is 11.5 Å². The summed E-state index contributed by atoms with van der Waals surface area (Å²) in [5.41, 5.74) is 1.79. The summed E-state index contributed by atoms with van der Waals surface area (Å²) in [6.07, 6.45) is 1.32. The second kappa shape index (κ2) is 8.44. The van der Waals surface area contributed by atoms with Crippen molar-refractivity contribution in [3.8, 4) is 0 Å². The second-order valence-electron chi connectivity index (χ2n) is 6.66. The fourth-order valence-corrected chi connectivity index (χ4v) is 5.44. The molecule has 3 aromatic carbocycles. The first-order valence-corrected chi connectivity index (χ1v) is 11.9. The molecule has 8 heteroatoms. The van der Waals surface area contributed by atoms with Gasteiger partial charge < -0.3 is 14.6 Å². The average Bonchev–Trinajstić information content (AvgIpc) is 3.09. The number of benzene rings is 3. The predicted molar refractivity (Wildman–Crippen MR) is 123 cm³/mol. The Labute approximate surface area is 184 Å². The van der Waals surface area contributed by atoms with Gasteiger partial charge in [0.05, 0.1) is 16.7 Å². The Morgan fingerprint density at radius 3 is 2.62 bits per heavy atom. The van der Waals surface area contributed by atoms with E-state index >= 15 is 0 Å². The van der Waals surface area contributed by atoms with Crippen molar-refractivity contribution < 1.29 is 18.7 Å². The van der Waals surface area contributed by atoms with Crippen LogP contribution in [0.3, 0.4) is 0 Å². The molecule has 0 saturated carbocycles. The molecule has 0 radical (unpaired) electrons. The monoisotopic (exact) mass is 535 g/mol. The molecule has 0 aliphatic rings. The van der Waals surface area contributed by atoms with Gasteiger partial charge >= 0.3 is 0 Å². The van der Waals surface area contributed by atoms with E-state index in [1.165, 1.54) is 6.26 Å². The van der Waals surface area contributed by atoms with E-state index in [1.807, 2.05) is 54.6 Å². The lowest BCUT2D eigenvalue weighted by Crippen LogP contribution is -2.23. The van der Waals surface area contributed by atoms with Crippen LogP contribution in [0.15, 0.2) is 74.2 Å². The minimum atomic E-state index is -2.89. The molecule has 0 fully saturated rings. The van der Waals surface area contributed by atoms with Gasteiger partial charge in [0.25, 0.3) is 0 Å². The van der Waals surface area contributed by atoms with Crippen molar-refractivity contribution in [3.05, 3.63) is 75.4 Å². The van der Waals surface area contributed by atoms with Crippen molar-refractivity contribution >= 4 is 73.2 Å². The molecule has 2 atom stereocenters. The lowest BCUT2D eigenvalue weighted by atomic mass is 9.99. The minimum absolute atomic E-state index is 0.164. The van der Waals surface area contributed by atoms with Gasteiger partial charge in [0.2, 0.25) is 5.91 Å². The van der Waals surface area contributed by atoms with Crippen molar-refractivity contribution in [1.82, 2.24) is 0 Å². The third kappa shape index (κ3) is 4.33. The Balaban J connectivity index is 1.71. The van der Waals surface area contributed by atoms with Crippen molar-refractivity contribution in [3.63, 3.8) is 0 Å². The van der Waals surface area contributed by atoms with Crippen LogP contribution in [0.4, 0.5) is 5.69 Å². The van der Waals surface area contributed by atoms with Gasteiger partial charge in [0.1, 0.15) is 5.58 Å². The topological polar surface area (TPSA) is 79.5 Å². The van der Waals surface area contributed by atoms with E-state index in [4.69, 9.17) is 4.42 Å². The van der Waals surface area contributed by atoms with E-state index in [1.54, 1.807) is 0 Å². The van der Waals surface area contributed by atoms with E-state index in [-0.39, 0.29) is 12.1 Å². The van der Waals surface area contributed by atoms with Gasteiger partial charge in [-0.15, -0.1) is 0 Å². The Morgan fingerprint density at radius 1 is 1.10 bits per heavy atom. The fraction of sp³-hybridized carbons (Fsp3) is 0.0952. The van der Waals surface area contributed by atoms with Crippen molar-refractivity contribution in [2.45, 2.75) is 5.92 Å². The number of anilines is 1. The van der Waals surface area contributed by atoms with Gasteiger partial charge in [-0.05, 0) is 51.0 Å². The number of halogens is 2. The van der Waals surface area contributed by atoms with E-state index in [0.29, 0.717) is 22.2 Å². The summed E-state index contributed by atoms with van der Waals surface area (Å²) in [6, 6.07) is 17.2. The number of nitrogens with one attached hydrogen (secondary N) is 1. The first kappa shape index (κ1) is 20.4. The lowest BCUT2D eigenvalue weighted by Gasteiger charge is -2.15. The van der Waals surface area contributed by atoms with Crippen LogP contribution >= 0.6 is 39.9 Å². The third-order valence-corrected chi connectivity index (χ3v) is 6.52. The maximum Gasteiger partial charge on any atom is 0.232 e. The minimum Gasteiger partial charge on any atom is -0.463 e. The van der Waals surface area contributed by atoms with Crippen LogP contribution in [0, 0.1) is 0 Å². The van der Waals surface area contributed by atoms with Crippen LogP contribution < -0.4 is 5.32 Å². The van der Waals surface area contributed by atoms with Crippen molar-refractivity contribution in [2.75, 3.05) is 11.5 Å². The lowest BCUT2D eigenvalue weighted by molar-refractivity contribution is -0.117. The molecule has 5 nitrogen and oxygen atoms in total. The Morgan fingerprint density at radius 2 is 1.86 bits per heavy atom. The van der Waals surface area contributed by atoms with E-state index in [9.17, 15) is 14.3 Å². The summed E-state index contributed by atoms with van der Waals surface area (Å²) < 4.78 is 18.8. The molecule has 0 saturated heterocycles. The molecule has 0 bridgehead atoms. The highest BCUT2D eigenvalue weighted by Crippen LogP contribution is 2.38. The molecule has 0 aliphatic heterocycles. The zero-order valence-electron chi connectivity index (χ0n) is 15.0. The van der Waals surface area contributed by atoms with Crippen LogP contribution in [-0.2, 0) is 9.36 Å². The molecule has 2 unspecified atom stereocenters. The van der Waals surface area contributed by atoms with Gasteiger partial charge in [-0.3, -0.25) is 9.36 Å². The number of rotatable bonds is 5. The Hall–Kier alpha value is -1.92. The summed E-state index contributed by atoms with van der Waals surface area (Å²) in [4.78, 5) is 22.7. The summed E-state index contributed by atoms with van der Waals surface area (Å²) in [5.74, 6) is -1.17. The fourth-order valence-electron chi connectivity index (χ4n) is 3.37. The maximum absolute atomic E-state index is 13.1. The van der Waals surface area contributed by atoms with Gasteiger partial charge in [-0.25, -0.2) is 0 Å². The quantitative estimate of drug-likeness (QED) is 0.293. The Kier molecular flexibility index (Phi) is 5.93. The number of amides is 1. The highest BCUT2D eigenvalue weighted by molar-refractivity contribution is 9.11. The third-order valence-electron chi connectivity index (χ3n) is 4.71. The molecule has 0 aliphatic carbocycles. The van der Waals surface area contributed by atoms with E-state index in [0.717, 1.165) is 19.7 Å². The van der Waals surface area contributed by atoms with E-state index < -0.39 is 13.9 Å². The second-order valence-corrected chi connectivity index (χ2v) is 9.62. The smallest absolute Gasteiger partial charge is 0.232 e. The molecular weight excluding hydrogens is 521 g/mol. The molecule has 1 aromatic heterocycles. The number of furan rings is 1. The van der Waals surface area contributed by atoms with Gasteiger partial charge in [-0.1, -0.05) is 46.3 Å². The standard InChI is InChI=1S/C21H16Br2NO4P/c22-14-8-16-17(10-28-20(16)19(23)9-14)18(11-29(26)27)21(25)24-15-6-5-12-3-1-2-4-13(12)7-15/h1-10,18,29H,11H2,(H,24,25)(H,26,27). The zero-order chi connectivity index (χ0) is 20.5. The molecule has 2 N–H and O–H groups in total. The molecule has 4 aromatic rings. The summed E-state index contributed by atoms with van der Waals surface area (Å²) in [7, 11) is -2.89. The number of carbonyl (C=O) groups is 1. The molecule has 4 rings (SSSR count). The van der Waals surface area contributed by atoms with Crippen LogP contribution in [0.2, 0.25) is 0 Å². The first-order valence-electron chi connectivity index (χ1n) is 8.80. The molecule has 1 heterocycles. The maximum atomic E-state index is 13.1. The molecule has 29 heavy (non-hydrogen) atoms. The molecular formula is C21H16Br2NO4P. The SMILES string of the molecule is O=C(Nc1ccc2ccccc2c1)C(C[PH](=O)O)c1coc2c(Br)cc(Br)cc12. The predicted octanol–water partition coefficient (Wildman–Crippen LogP) is 6.30. The number of fused-ring (bicyclic) bond motifs is 2. The average molecular weight is 537 g/mol. The summed E-state index contributed by atoms with van der Waals surface area (Å²) in [6.45, 7) is 0. The largest absolute Gasteiger partial charge is 0.463 e. The van der Waals surface area contributed by atoms with Gasteiger partial charge in [0, 0.05) is 27.3 Å². The number of hydrogen-bond donors (Lipinski definition) is 2. The normalized spacial score (nSPS) is 13.5. The zero-order valence-corrected chi connectivity index (χ0v) is 19.2. The molecule has 148 valence electrons. The van der Waals surface area contributed by atoms with Gasteiger partial charge in [-0.2, -0.15) is 0 Å². The highest BCUT2D eigenvalue weighted by atomic mass is 79.9. The molecule has 1 amide bonds. The van der Waals surface area contributed by atoms with Gasteiger partial charge in [0.15, 0.2) is 8.03 Å². The van der Waals surface area contributed by atoms with Crippen molar-refractivity contribution in [1.29, 1.82) is 0 Å². The number of hydrogen-bond acceptors (Lipinski definition) is 3. The van der Waals surface area contributed by atoms with Crippen LogP contribution in [0.5, 0.6) is 0 Å². The van der Waals surface area contributed by atoms with Crippen LogP contribution in [-0.4, -0.2) is 17.0 Å². The van der Waals surface area contributed by atoms with E-state index in [2.05, 4.69) is 37.2 Å². The van der Waals surface area contributed by atoms with Crippen LogP contribution in [0.25, 0.3) is 21.7 Å². The summed E-state index contributed by atoms with van der Waals surface area (Å²) in [5, 5.41) is 5.67.